The molecule has 0 aromatic heterocycles. The Labute approximate surface area is 79.6 Å². The van der Waals surface area contributed by atoms with E-state index in [-0.39, 0.29) is 12.6 Å². The lowest BCUT2D eigenvalue weighted by Gasteiger charge is -2.03. The standard InChI is InChI=1S/C8H10INO/c9-7-3-1-6(2-4-7)8(10)5-11/h1-4,8,11H,5,10H2/p+1. The molecule has 0 amide bonds. The van der Waals surface area contributed by atoms with E-state index in [4.69, 9.17) is 5.11 Å². The van der Waals surface area contributed by atoms with Crippen LogP contribution < -0.4 is 5.73 Å². The quantitative estimate of drug-likeness (QED) is 0.754. The van der Waals surface area contributed by atoms with Crippen LogP contribution in [0.5, 0.6) is 0 Å². The summed E-state index contributed by atoms with van der Waals surface area (Å²) in [4.78, 5) is 0. The van der Waals surface area contributed by atoms with Gasteiger partial charge in [-0.15, -0.1) is 0 Å². The maximum atomic E-state index is 8.79. The molecule has 0 spiro atoms. The minimum atomic E-state index is 0.00648. The van der Waals surface area contributed by atoms with Crippen LogP contribution in [0.1, 0.15) is 11.6 Å². The minimum absolute atomic E-state index is 0.00648. The van der Waals surface area contributed by atoms with Crippen molar-refractivity contribution in [1.82, 2.24) is 0 Å². The van der Waals surface area contributed by atoms with Crippen molar-refractivity contribution >= 4 is 22.6 Å². The summed E-state index contributed by atoms with van der Waals surface area (Å²) in [6.07, 6.45) is 0. The van der Waals surface area contributed by atoms with Crippen LogP contribution in [-0.2, 0) is 0 Å². The SMILES string of the molecule is [NH3+]C(CO)c1ccc(I)cc1. The van der Waals surface area contributed by atoms with Crippen LogP contribution in [0.4, 0.5) is 0 Å². The van der Waals surface area contributed by atoms with E-state index in [0.717, 1.165) is 5.56 Å². The highest BCUT2D eigenvalue weighted by Gasteiger charge is 2.05. The third kappa shape index (κ3) is 2.43. The molecule has 1 aromatic carbocycles. The summed E-state index contributed by atoms with van der Waals surface area (Å²) in [5, 5.41) is 8.79. The first-order chi connectivity index (χ1) is 5.24. The largest absolute Gasteiger partial charge is 0.390 e. The van der Waals surface area contributed by atoms with E-state index in [9.17, 15) is 0 Å². The molecule has 1 unspecified atom stereocenters. The zero-order valence-electron chi connectivity index (χ0n) is 6.13. The first-order valence-corrected chi connectivity index (χ1v) is 4.51. The number of halogens is 1. The predicted octanol–water partition coefficient (Wildman–Crippen LogP) is 0.567. The topological polar surface area (TPSA) is 47.9 Å². The second-order valence-corrected chi connectivity index (χ2v) is 3.68. The van der Waals surface area contributed by atoms with Crippen molar-refractivity contribution in [3.05, 3.63) is 33.4 Å². The maximum absolute atomic E-state index is 8.79. The monoisotopic (exact) mass is 264 g/mol. The molecule has 60 valence electrons. The molecule has 0 radical (unpaired) electrons. The minimum Gasteiger partial charge on any atom is -0.390 e. The molecule has 0 heterocycles. The third-order valence-electron chi connectivity index (χ3n) is 1.56. The molecule has 0 saturated heterocycles. The van der Waals surface area contributed by atoms with E-state index in [0.29, 0.717) is 0 Å². The number of hydrogen-bond acceptors (Lipinski definition) is 1. The Morgan fingerprint density at radius 1 is 1.36 bits per heavy atom. The van der Waals surface area contributed by atoms with E-state index >= 15 is 0 Å². The maximum Gasteiger partial charge on any atom is 0.133 e. The zero-order chi connectivity index (χ0) is 8.27. The molecule has 1 atom stereocenters. The molecule has 1 aromatic rings. The second kappa shape index (κ2) is 4.04. The van der Waals surface area contributed by atoms with Crippen LogP contribution in [-0.4, -0.2) is 11.7 Å². The summed E-state index contributed by atoms with van der Waals surface area (Å²) in [7, 11) is 0. The summed E-state index contributed by atoms with van der Waals surface area (Å²) in [6.45, 7) is 0.112. The number of aliphatic hydroxyl groups is 1. The normalized spacial score (nSPS) is 13.0. The number of aliphatic hydroxyl groups excluding tert-OH is 1. The van der Waals surface area contributed by atoms with Gasteiger partial charge in [0.15, 0.2) is 0 Å². The van der Waals surface area contributed by atoms with Gasteiger partial charge in [0, 0.05) is 9.13 Å². The molecule has 0 saturated carbocycles. The Kier molecular flexibility index (Phi) is 3.29. The molecule has 2 nitrogen and oxygen atoms in total. The Morgan fingerprint density at radius 2 is 1.91 bits per heavy atom. The van der Waals surface area contributed by atoms with Gasteiger partial charge in [0.25, 0.3) is 0 Å². The molecule has 11 heavy (non-hydrogen) atoms. The van der Waals surface area contributed by atoms with Gasteiger partial charge in [0.05, 0.1) is 6.61 Å². The van der Waals surface area contributed by atoms with Crippen molar-refractivity contribution in [3.8, 4) is 0 Å². The van der Waals surface area contributed by atoms with Gasteiger partial charge < -0.3 is 10.8 Å². The van der Waals surface area contributed by atoms with Crippen LogP contribution in [0, 0.1) is 3.57 Å². The third-order valence-corrected chi connectivity index (χ3v) is 2.28. The molecule has 4 N–H and O–H groups in total. The number of hydrogen-bond donors (Lipinski definition) is 2. The van der Waals surface area contributed by atoms with Gasteiger partial charge in [-0.2, -0.15) is 0 Å². The van der Waals surface area contributed by atoms with Crippen LogP contribution in [0.25, 0.3) is 0 Å². The van der Waals surface area contributed by atoms with Gasteiger partial charge in [0.2, 0.25) is 0 Å². The average molecular weight is 264 g/mol. The predicted molar refractivity (Wildman–Crippen MR) is 51.9 cm³/mol. The lowest BCUT2D eigenvalue weighted by Crippen LogP contribution is -2.55. The Balaban J connectivity index is 2.81. The summed E-state index contributed by atoms with van der Waals surface area (Å²) < 4.78 is 1.21. The van der Waals surface area contributed by atoms with Gasteiger partial charge >= 0.3 is 0 Å². The Morgan fingerprint density at radius 3 is 2.36 bits per heavy atom. The smallest absolute Gasteiger partial charge is 0.133 e. The summed E-state index contributed by atoms with van der Waals surface area (Å²) in [5.74, 6) is 0. The highest BCUT2D eigenvalue weighted by Crippen LogP contribution is 2.10. The Hall–Kier alpha value is -0.130. The van der Waals surface area contributed by atoms with Crippen molar-refractivity contribution in [2.75, 3.05) is 6.61 Å². The summed E-state index contributed by atoms with van der Waals surface area (Å²) in [5.41, 5.74) is 4.89. The first-order valence-electron chi connectivity index (χ1n) is 3.43. The number of rotatable bonds is 2. The van der Waals surface area contributed by atoms with Crippen molar-refractivity contribution in [1.29, 1.82) is 0 Å². The van der Waals surface area contributed by atoms with Gasteiger partial charge in [0.1, 0.15) is 6.04 Å². The van der Waals surface area contributed by atoms with Crippen LogP contribution in [0.15, 0.2) is 24.3 Å². The van der Waals surface area contributed by atoms with E-state index in [1.54, 1.807) is 0 Å². The highest BCUT2D eigenvalue weighted by molar-refractivity contribution is 14.1. The van der Waals surface area contributed by atoms with E-state index in [1.165, 1.54) is 3.57 Å². The average Bonchev–Trinajstić information content (AvgIpc) is 2.05. The first kappa shape index (κ1) is 8.96. The molecular weight excluding hydrogens is 253 g/mol. The van der Waals surface area contributed by atoms with E-state index in [1.807, 2.05) is 24.3 Å². The fourth-order valence-corrected chi connectivity index (χ4v) is 1.20. The lowest BCUT2D eigenvalue weighted by molar-refractivity contribution is -0.432. The second-order valence-electron chi connectivity index (χ2n) is 2.43. The fraction of sp³-hybridized carbons (Fsp3) is 0.250. The van der Waals surface area contributed by atoms with Crippen molar-refractivity contribution in [2.45, 2.75) is 6.04 Å². The molecule has 0 fully saturated rings. The van der Waals surface area contributed by atoms with Crippen LogP contribution in [0.3, 0.4) is 0 Å². The van der Waals surface area contributed by atoms with Crippen molar-refractivity contribution in [3.63, 3.8) is 0 Å². The highest BCUT2D eigenvalue weighted by atomic mass is 127. The van der Waals surface area contributed by atoms with Crippen molar-refractivity contribution in [2.24, 2.45) is 0 Å². The molecule has 0 aliphatic rings. The summed E-state index contributed by atoms with van der Waals surface area (Å²) in [6, 6.07) is 8.03. The van der Waals surface area contributed by atoms with E-state index < -0.39 is 0 Å². The van der Waals surface area contributed by atoms with Gasteiger partial charge in [-0.05, 0) is 34.7 Å². The van der Waals surface area contributed by atoms with Gasteiger partial charge in [-0.3, -0.25) is 0 Å². The molecule has 0 bridgehead atoms. The van der Waals surface area contributed by atoms with Crippen LogP contribution in [0.2, 0.25) is 0 Å². The Bertz CT molecular complexity index is 222. The molecule has 3 heteroatoms. The molecule has 1 rings (SSSR count). The number of benzene rings is 1. The molecule has 0 aliphatic carbocycles. The van der Waals surface area contributed by atoms with E-state index in [2.05, 4.69) is 28.3 Å². The molecule has 0 aliphatic heterocycles. The van der Waals surface area contributed by atoms with Crippen molar-refractivity contribution < 1.29 is 10.8 Å². The van der Waals surface area contributed by atoms with Gasteiger partial charge in [-0.25, -0.2) is 0 Å². The fourth-order valence-electron chi connectivity index (χ4n) is 0.840. The summed E-state index contributed by atoms with van der Waals surface area (Å²) >= 11 is 2.25. The zero-order valence-corrected chi connectivity index (χ0v) is 8.28. The van der Waals surface area contributed by atoms with Gasteiger partial charge in [-0.1, -0.05) is 12.1 Å². The van der Waals surface area contributed by atoms with Crippen LogP contribution >= 0.6 is 22.6 Å². The number of quaternary nitrogens is 1. The molecular formula is C8H11INO+. The lowest BCUT2D eigenvalue weighted by atomic mass is 10.1.